The molecule has 0 saturated carbocycles. The number of nitrogens with one attached hydrogen (secondary N) is 1. The van der Waals surface area contributed by atoms with E-state index in [1.54, 1.807) is 18.3 Å². The Labute approximate surface area is 132 Å². The number of aryl methyl sites for hydroxylation is 1. The molecule has 110 valence electrons. The van der Waals surface area contributed by atoms with Gasteiger partial charge in [-0.3, -0.25) is 15.1 Å². The molecule has 5 heteroatoms. The molecule has 0 bridgehead atoms. The summed E-state index contributed by atoms with van der Waals surface area (Å²) in [6, 6.07) is 11.9. The summed E-state index contributed by atoms with van der Waals surface area (Å²) in [5.74, 6) is -0.190. The normalized spacial score (nSPS) is 10.4. The monoisotopic (exact) mass is 309 g/mol. The van der Waals surface area contributed by atoms with Crippen LogP contribution in [-0.2, 0) is 6.42 Å². The van der Waals surface area contributed by atoms with E-state index in [2.05, 4.69) is 46.5 Å². The highest BCUT2D eigenvalue weighted by Crippen LogP contribution is 2.22. The fraction of sp³-hybridized carbons (Fsp3) is 0.118. The summed E-state index contributed by atoms with van der Waals surface area (Å²) < 4.78 is 0. The second-order valence-electron chi connectivity index (χ2n) is 4.99. The largest absolute Gasteiger partial charge is 0.298 e. The summed E-state index contributed by atoms with van der Waals surface area (Å²) in [6.45, 7) is 2.08. The molecule has 3 rings (SSSR count). The van der Waals surface area contributed by atoms with Crippen LogP contribution in [0.15, 0.2) is 55.0 Å². The number of hydrogen-bond acceptors (Lipinski definition) is 4. The number of amides is 1. The van der Waals surface area contributed by atoms with Gasteiger partial charge in [0.1, 0.15) is 0 Å². The Bertz CT molecular complexity index is 783. The van der Waals surface area contributed by atoms with E-state index >= 15 is 0 Å². The number of pyridine rings is 1. The van der Waals surface area contributed by atoms with E-state index in [0.717, 1.165) is 11.3 Å². The molecule has 0 radical (unpaired) electrons. The number of benzene rings is 1. The molecule has 1 aromatic carbocycles. The zero-order valence-corrected chi connectivity index (χ0v) is 12.9. The lowest BCUT2D eigenvalue weighted by Crippen LogP contribution is -2.11. The number of nitrogens with zero attached hydrogens (tertiary/aromatic N) is 2. The van der Waals surface area contributed by atoms with Crippen LogP contribution in [0.4, 0.5) is 5.13 Å². The van der Waals surface area contributed by atoms with Crippen molar-refractivity contribution in [3.63, 3.8) is 0 Å². The first-order chi connectivity index (χ1) is 10.7. The Morgan fingerprint density at radius 2 is 2.14 bits per heavy atom. The summed E-state index contributed by atoms with van der Waals surface area (Å²) >= 11 is 1.49. The molecule has 0 atom stereocenters. The maximum Gasteiger partial charge on any atom is 0.259 e. The van der Waals surface area contributed by atoms with Crippen molar-refractivity contribution < 1.29 is 4.79 Å². The van der Waals surface area contributed by atoms with Crippen LogP contribution < -0.4 is 5.32 Å². The first-order valence-corrected chi connectivity index (χ1v) is 7.74. The van der Waals surface area contributed by atoms with Gasteiger partial charge in [-0.1, -0.05) is 29.8 Å². The van der Waals surface area contributed by atoms with E-state index in [9.17, 15) is 4.79 Å². The highest BCUT2D eigenvalue weighted by Gasteiger charge is 2.09. The Morgan fingerprint density at radius 1 is 1.23 bits per heavy atom. The van der Waals surface area contributed by atoms with Gasteiger partial charge in [-0.25, -0.2) is 4.98 Å². The minimum atomic E-state index is -0.190. The maximum atomic E-state index is 12.0. The third kappa shape index (κ3) is 3.56. The smallest absolute Gasteiger partial charge is 0.259 e. The lowest BCUT2D eigenvalue weighted by molar-refractivity contribution is 0.102. The van der Waals surface area contributed by atoms with E-state index in [1.165, 1.54) is 28.7 Å². The molecule has 0 spiro atoms. The standard InChI is InChI=1S/C17H15N3OS/c1-12-4-2-5-13(8-12)9-15-11-19-17(22-15)20-16(21)14-6-3-7-18-10-14/h2-8,10-11H,9H2,1H3,(H,19,20,21). The average Bonchev–Trinajstić information content (AvgIpc) is 2.95. The zero-order chi connectivity index (χ0) is 15.4. The summed E-state index contributed by atoms with van der Waals surface area (Å²) in [7, 11) is 0. The Hall–Kier alpha value is -2.53. The summed E-state index contributed by atoms with van der Waals surface area (Å²) in [5, 5.41) is 3.41. The first kappa shape index (κ1) is 14.4. The van der Waals surface area contributed by atoms with Crippen LogP contribution in [0.3, 0.4) is 0 Å². The van der Waals surface area contributed by atoms with Gasteiger partial charge >= 0.3 is 0 Å². The van der Waals surface area contributed by atoms with Crippen molar-refractivity contribution in [2.45, 2.75) is 13.3 Å². The molecule has 4 nitrogen and oxygen atoms in total. The van der Waals surface area contributed by atoms with Crippen molar-refractivity contribution in [3.05, 3.63) is 76.6 Å². The van der Waals surface area contributed by atoms with Crippen molar-refractivity contribution in [1.29, 1.82) is 0 Å². The van der Waals surface area contributed by atoms with E-state index in [4.69, 9.17) is 0 Å². The minimum absolute atomic E-state index is 0.190. The van der Waals surface area contributed by atoms with Gasteiger partial charge in [-0.05, 0) is 24.6 Å². The predicted molar refractivity (Wildman–Crippen MR) is 88.3 cm³/mol. The molecular weight excluding hydrogens is 294 g/mol. The second kappa shape index (κ2) is 6.49. The van der Waals surface area contributed by atoms with Crippen LogP contribution in [0.1, 0.15) is 26.4 Å². The van der Waals surface area contributed by atoms with Gasteiger partial charge in [0.25, 0.3) is 5.91 Å². The number of carbonyl (C=O) groups excluding carboxylic acids is 1. The van der Waals surface area contributed by atoms with Gasteiger partial charge in [0, 0.05) is 29.9 Å². The van der Waals surface area contributed by atoms with Crippen LogP contribution in [0.2, 0.25) is 0 Å². The first-order valence-electron chi connectivity index (χ1n) is 6.92. The Morgan fingerprint density at radius 3 is 2.91 bits per heavy atom. The van der Waals surface area contributed by atoms with Crippen LogP contribution in [0, 0.1) is 6.92 Å². The fourth-order valence-electron chi connectivity index (χ4n) is 2.14. The van der Waals surface area contributed by atoms with Gasteiger partial charge < -0.3 is 0 Å². The lowest BCUT2D eigenvalue weighted by atomic mass is 10.1. The molecular formula is C17H15N3OS. The molecule has 1 N–H and O–H groups in total. The number of aromatic nitrogens is 2. The highest BCUT2D eigenvalue weighted by atomic mass is 32.1. The SMILES string of the molecule is Cc1cccc(Cc2cnc(NC(=O)c3cccnc3)s2)c1. The van der Waals surface area contributed by atoms with Crippen molar-refractivity contribution in [3.8, 4) is 0 Å². The lowest BCUT2D eigenvalue weighted by Gasteiger charge is -2.01. The second-order valence-corrected chi connectivity index (χ2v) is 6.11. The van der Waals surface area contributed by atoms with Crippen molar-refractivity contribution in [2.24, 2.45) is 0 Å². The topological polar surface area (TPSA) is 54.9 Å². The predicted octanol–water partition coefficient (Wildman–Crippen LogP) is 3.69. The molecule has 0 unspecified atom stereocenters. The average molecular weight is 309 g/mol. The summed E-state index contributed by atoms with van der Waals surface area (Å²) in [5.41, 5.74) is 3.01. The van der Waals surface area contributed by atoms with Crippen LogP contribution in [-0.4, -0.2) is 15.9 Å². The molecule has 1 amide bonds. The molecule has 2 aromatic heterocycles. The van der Waals surface area contributed by atoms with Gasteiger partial charge in [0.15, 0.2) is 5.13 Å². The van der Waals surface area contributed by atoms with Gasteiger partial charge in [-0.15, -0.1) is 11.3 Å². The van der Waals surface area contributed by atoms with E-state index in [0.29, 0.717) is 10.7 Å². The molecule has 0 fully saturated rings. The van der Waals surface area contributed by atoms with Gasteiger partial charge in [-0.2, -0.15) is 0 Å². The van der Waals surface area contributed by atoms with Crippen LogP contribution in [0.25, 0.3) is 0 Å². The number of carbonyl (C=O) groups is 1. The quantitative estimate of drug-likeness (QED) is 0.799. The zero-order valence-electron chi connectivity index (χ0n) is 12.1. The number of hydrogen-bond donors (Lipinski definition) is 1. The van der Waals surface area contributed by atoms with Gasteiger partial charge in [0.05, 0.1) is 5.56 Å². The number of anilines is 1. The van der Waals surface area contributed by atoms with E-state index in [-0.39, 0.29) is 5.91 Å². The Kier molecular flexibility index (Phi) is 4.25. The van der Waals surface area contributed by atoms with Crippen molar-refractivity contribution in [1.82, 2.24) is 9.97 Å². The molecule has 0 aliphatic carbocycles. The maximum absolute atomic E-state index is 12.0. The molecule has 3 aromatic rings. The third-order valence-electron chi connectivity index (χ3n) is 3.16. The highest BCUT2D eigenvalue weighted by molar-refractivity contribution is 7.15. The molecule has 0 aliphatic rings. The summed E-state index contributed by atoms with van der Waals surface area (Å²) in [6.07, 6.45) is 5.81. The molecule has 2 heterocycles. The third-order valence-corrected chi connectivity index (χ3v) is 4.07. The van der Waals surface area contributed by atoms with Gasteiger partial charge in [0.2, 0.25) is 0 Å². The fourth-order valence-corrected chi connectivity index (χ4v) is 2.98. The van der Waals surface area contributed by atoms with Crippen LogP contribution in [0.5, 0.6) is 0 Å². The number of rotatable bonds is 4. The minimum Gasteiger partial charge on any atom is -0.298 e. The molecule has 0 saturated heterocycles. The van der Waals surface area contributed by atoms with E-state index in [1.807, 2.05) is 6.20 Å². The van der Waals surface area contributed by atoms with Crippen molar-refractivity contribution in [2.75, 3.05) is 5.32 Å². The van der Waals surface area contributed by atoms with E-state index < -0.39 is 0 Å². The number of thiazole rings is 1. The summed E-state index contributed by atoms with van der Waals surface area (Å²) in [4.78, 5) is 21.4. The Balaban J connectivity index is 1.68. The van der Waals surface area contributed by atoms with Crippen LogP contribution >= 0.6 is 11.3 Å². The van der Waals surface area contributed by atoms with Crippen molar-refractivity contribution >= 4 is 22.4 Å². The molecule has 0 aliphatic heterocycles. The molecule has 22 heavy (non-hydrogen) atoms.